The number of aromatic nitrogens is 1. The fourth-order valence-corrected chi connectivity index (χ4v) is 2.73. The summed E-state index contributed by atoms with van der Waals surface area (Å²) in [5.74, 6) is -0.0588. The van der Waals surface area contributed by atoms with Crippen molar-refractivity contribution in [3.63, 3.8) is 0 Å². The minimum absolute atomic E-state index is 0.0573. The summed E-state index contributed by atoms with van der Waals surface area (Å²) in [5, 5.41) is 12.1. The molecule has 0 fully saturated rings. The van der Waals surface area contributed by atoms with Gasteiger partial charge in [-0.1, -0.05) is 0 Å². The average Bonchev–Trinajstić information content (AvgIpc) is 2.74. The molecule has 2 N–H and O–H groups in total. The lowest BCUT2D eigenvalue weighted by atomic mass is 10.3. The molecule has 1 aromatic heterocycles. The van der Waals surface area contributed by atoms with E-state index >= 15 is 0 Å². The Bertz CT molecular complexity index is 341. The Balaban J connectivity index is 1.90. The van der Waals surface area contributed by atoms with Gasteiger partial charge in [0.2, 0.25) is 5.91 Å². The maximum Gasteiger partial charge on any atom is 0.226 e. The van der Waals surface area contributed by atoms with E-state index in [-0.39, 0.29) is 12.5 Å². The van der Waals surface area contributed by atoms with Crippen LogP contribution in [0.15, 0.2) is 0 Å². The maximum absolute atomic E-state index is 11.3. The largest absolute Gasteiger partial charge is 0.396 e. The first kappa shape index (κ1) is 10.6. The molecule has 0 unspecified atom stereocenters. The second-order valence-corrected chi connectivity index (χ2v) is 4.70. The summed E-state index contributed by atoms with van der Waals surface area (Å²) < 4.78 is 0. The number of anilines is 1. The Hall–Kier alpha value is -0.940. The van der Waals surface area contributed by atoms with E-state index in [0.29, 0.717) is 18.0 Å². The van der Waals surface area contributed by atoms with Gasteiger partial charge in [-0.3, -0.25) is 4.79 Å². The summed E-state index contributed by atoms with van der Waals surface area (Å²) in [6.45, 7) is 0.0573. The molecular formula is C10H14N2O2S. The number of amides is 1. The number of carbonyl (C=O) groups is 1. The molecule has 1 heterocycles. The molecule has 15 heavy (non-hydrogen) atoms. The fourth-order valence-electron chi connectivity index (χ4n) is 1.67. The highest BCUT2D eigenvalue weighted by Crippen LogP contribution is 2.30. The molecule has 1 aliphatic carbocycles. The zero-order chi connectivity index (χ0) is 10.7. The first-order chi connectivity index (χ1) is 7.29. The van der Waals surface area contributed by atoms with E-state index in [1.165, 1.54) is 11.3 Å². The number of nitrogens with zero attached hydrogens (tertiary/aromatic N) is 1. The highest BCUT2D eigenvalue weighted by molar-refractivity contribution is 7.15. The molecule has 82 valence electrons. The lowest BCUT2D eigenvalue weighted by Gasteiger charge is -1.99. The molecule has 1 aromatic rings. The summed E-state index contributed by atoms with van der Waals surface area (Å²) in [4.78, 5) is 17.0. The molecule has 0 radical (unpaired) electrons. The van der Waals surface area contributed by atoms with Crippen LogP contribution < -0.4 is 5.32 Å². The molecule has 0 spiro atoms. The topological polar surface area (TPSA) is 62.2 Å². The van der Waals surface area contributed by atoms with Crippen LogP contribution in [0.1, 0.15) is 29.8 Å². The van der Waals surface area contributed by atoms with Crippen molar-refractivity contribution in [2.45, 2.75) is 32.1 Å². The van der Waals surface area contributed by atoms with Gasteiger partial charge in [-0.15, -0.1) is 11.3 Å². The monoisotopic (exact) mass is 226 g/mol. The summed E-state index contributed by atoms with van der Waals surface area (Å²) >= 11 is 1.58. The predicted octanol–water partition coefficient (Wildman–Crippen LogP) is 1.34. The number of aryl methyl sites for hydroxylation is 2. The van der Waals surface area contributed by atoms with Crippen LogP contribution in [0.5, 0.6) is 0 Å². The number of nitrogens with one attached hydrogen (secondary N) is 1. The Morgan fingerprint density at radius 3 is 3.13 bits per heavy atom. The highest BCUT2D eigenvalue weighted by Gasteiger charge is 2.17. The zero-order valence-electron chi connectivity index (χ0n) is 8.45. The van der Waals surface area contributed by atoms with Gasteiger partial charge in [0.15, 0.2) is 5.13 Å². The van der Waals surface area contributed by atoms with E-state index in [2.05, 4.69) is 10.3 Å². The quantitative estimate of drug-likeness (QED) is 0.814. The minimum Gasteiger partial charge on any atom is -0.396 e. The summed E-state index contributed by atoms with van der Waals surface area (Å²) in [6.07, 6.45) is 4.20. The van der Waals surface area contributed by atoms with Crippen molar-refractivity contribution in [1.82, 2.24) is 4.98 Å². The van der Waals surface area contributed by atoms with Crippen LogP contribution in [-0.2, 0) is 17.6 Å². The number of hydrogen-bond acceptors (Lipinski definition) is 4. The normalized spacial score (nSPS) is 13.9. The SMILES string of the molecule is O=C(CCCO)Nc1nc2c(s1)CCC2. The van der Waals surface area contributed by atoms with Gasteiger partial charge < -0.3 is 10.4 Å². The molecule has 2 rings (SSSR count). The Kier molecular flexibility index (Phi) is 3.33. The van der Waals surface area contributed by atoms with E-state index in [1.807, 2.05) is 0 Å². The second kappa shape index (κ2) is 4.72. The number of carbonyl (C=O) groups excluding carboxylic acids is 1. The fraction of sp³-hybridized carbons (Fsp3) is 0.600. The molecule has 1 amide bonds. The van der Waals surface area contributed by atoms with Gasteiger partial charge in [0.1, 0.15) is 0 Å². The van der Waals surface area contributed by atoms with Crippen molar-refractivity contribution in [1.29, 1.82) is 0 Å². The lowest BCUT2D eigenvalue weighted by Crippen LogP contribution is -2.11. The molecule has 0 bridgehead atoms. The van der Waals surface area contributed by atoms with E-state index in [1.54, 1.807) is 11.3 Å². The van der Waals surface area contributed by atoms with Gasteiger partial charge in [0, 0.05) is 17.9 Å². The van der Waals surface area contributed by atoms with Crippen molar-refractivity contribution in [3.05, 3.63) is 10.6 Å². The lowest BCUT2D eigenvalue weighted by molar-refractivity contribution is -0.116. The zero-order valence-corrected chi connectivity index (χ0v) is 9.27. The first-order valence-corrected chi connectivity index (χ1v) is 6.00. The van der Waals surface area contributed by atoms with E-state index in [0.717, 1.165) is 18.5 Å². The van der Waals surface area contributed by atoms with Crippen molar-refractivity contribution >= 4 is 22.4 Å². The van der Waals surface area contributed by atoms with Crippen LogP contribution in [0.4, 0.5) is 5.13 Å². The van der Waals surface area contributed by atoms with E-state index in [9.17, 15) is 4.79 Å². The third-order valence-corrected chi connectivity index (χ3v) is 3.48. The molecule has 0 atom stereocenters. The minimum atomic E-state index is -0.0588. The summed E-state index contributed by atoms with van der Waals surface area (Å²) in [7, 11) is 0. The third kappa shape index (κ3) is 2.54. The van der Waals surface area contributed by atoms with Crippen LogP contribution in [-0.4, -0.2) is 22.6 Å². The number of thiazole rings is 1. The molecule has 0 saturated carbocycles. The number of aliphatic hydroxyl groups excluding tert-OH is 1. The number of aliphatic hydroxyl groups is 1. The predicted molar refractivity (Wildman–Crippen MR) is 59.1 cm³/mol. The Morgan fingerprint density at radius 2 is 2.40 bits per heavy atom. The molecule has 4 nitrogen and oxygen atoms in total. The Labute approximate surface area is 92.3 Å². The second-order valence-electron chi connectivity index (χ2n) is 3.62. The van der Waals surface area contributed by atoms with Gasteiger partial charge in [0.05, 0.1) is 5.69 Å². The standard InChI is InChI=1S/C10H14N2O2S/c13-6-2-5-9(14)12-10-11-7-3-1-4-8(7)15-10/h13H,1-6H2,(H,11,12,14). The summed E-state index contributed by atoms with van der Waals surface area (Å²) in [6, 6.07) is 0. The molecule has 5 heteroatoms. The van der Waals surface area contributed by atoms with Gasteiger partial charge in [-0.05, 0) is 25.7 Å². The maximum atomic E-state index is 11.3. The molecule has 0 saturated heterocycles. The van der Waals surface area contributed by atoms with Gasteiger partial charge in [-0.2, -0.15) is 0 Å². The molecule has 0 aromatic carbocycles. The Morgan fingerprint density at radius 1 is 1.53 bits per heavy atom. The molecule has 0 aliphatic heterocycles. The number of rotatable bonds is 4. The number of hydrogen-bond donors (Lipinski definition) is 2. The molecule has 1 aliphatic rings. The smallest absolute Gasteiger partial charge is 0.226 e. The van der Waals surface area contributed by atoms with Gasteiger partial charge >= 0.3 is 0 Å². The van der Waals surface area contributed by atoms with Crippen LogP contribution in [0.25, 0.3) is 0 Å². The number of fused-ring (bicyclic) bond motifs is 1. The van der Waals surface area contributed by atoms with Crippen LogP contribution in [0, 0.1) is 0 Å². The highest BCUT2D eigenvalue weighted by atomic mass is 32.1. The van der Waals surface area contributed by atoms with E-state index < -0.39 is 0 Å². The van der Waals surface area contributed by atoms with Crippen molar-refractivity contribution in [2.75, 3.05) is 11.9 Å². The summed E-state index contributed by atoms with van der Waals surface area (Å²) in [5.41, 5.74) is 1.15. The molecular weight excluding hydrogens is 212 g/mol. The van der Waals surface area contributed by atoms with Crippen LogP contribution in [0.2, 0.25) is 0 Å². The van der Waals surface area contributed by atoms with Gasteiger partial charge in [0.25, 0.3) is 0 Å². The average molecular weight is 226 g/mol. The van der Waals surface area contributed by atoms with Gasteiger partial charge in [-0.25, -0.2) is 4.98 Å². The van der Waals surface area contributed by atoms with Crippen molar-refractivity contribution < 1.29 is 9.90 Å². The van der Waals surface area contributed by atoms with Crippen LogP contribution >= 0.6 is 11.3 Å². The van der Waals surface area contributed by atoms with Crippen LogP contribution in [0.3, 0.4) is 0 Å². The van der Waals surface area contributed by atoms with E-state index in [4.69, 9.17) is 5.11 Å². The van der Waals surface area contributed by atoms with Crippen molar-refractivity contribution in [3.8, 4) is 0 Å². The van der Waals surface area contributed by atoms with Crippen molar-refractivity contribution in [2.24, 2.45) is 0 Å². The third-order valence-electron chi connectivity index (χ3n) is 2.40. The first-order valence-electron chi connectivity index (χ1n) is 5.19.